The van der Waals surface area contributed by atoms with Gasteiger partial charge in [0.25, 0.3) is 0 Å². The molecule has 0 bridgehead atoms. The Bertz CT molecular complexity index is 555. The number of hydrogen-bond donors (Lipinski definition) is 1. The maximum Gasteiger partial charge on any atom is 0.328 e. The second kappa shape index (κ2) is 5.26. The fraction of sp³-hybridized carbons (Fsp3) is 0.182. The van der Waals surface area contributed by atoms with Crippen molar-refractivity contribution in [3.8, 4) is 0 Å². The Morgan fingerprint density at radius 2 is 2.22 bits per heavy atom. The lowest BCUT2D eigenvalue weighted by molar-refractivity contribution is -0.145. The zero-order valence-electron chi connectivity index (χ0n) is 9.41. The first-order chi connectivity index (χ1) is 8.65. The highest BCUT2D eigenvalue weighted by Crippen LogP contribution is 2.07. The predicted octanol–water partition coefficient (Wildman–Crippen LogP) is 0.743. The molecule has 0 aliphatic rings. The minimum Gasteiger partial charge on any atom is -0.459 e. The summed E-state index contributed by atoms with van der Waals surface area (Å²) in [5.74, 6) is -0.865. The number of ether oxygens (including phenoxy) is 1. The zero-order valence-corrected chi connectivity index (χ0v) is 9.41. The molecule has 0 spiro atoms. The minimum atomic E-state index is -0.539. The van der Waals surface area contributed by atoms with Crippen molar-refractivity contribution in [3.63, 3.8) is 0 Å². The Balaban J connectivity index is 1.87. The average Bonchev–Trinajstić information content (AvgIpc) is 2.74. The van der Waals surface area contributed by atoms with Crippen molar-refractivity contribution in [1.82, 2.24) is 14.8 Å². The second-order valence-electron chi connectivity index (χ2n) is 3.55. The molecule has 0 fully saturated rings. The number of nitrogens with zero attached hydrogens (tertiary/aromatic N) is 3. The molecule has 0 aliphatic heterocycles. The van der Waals surface area contributed by atoms with Gasteiger partial charge < -0.3 is 10.5 Å². The summed E-state index contributed by atoms with van der Waals surface area (Å²) in [6, 6.07) is 6.10. The van der Waals surface area contributed by atoms with Gasteiger partial charge in [-0.25, -0.2) is 14.1 Å². The number of esters is 1. The van der Waals surface area contributed by atoms with Gasteiger partial charge in [0.1, 0.15) is 25.3 Å². The molecule has 0 atom stereocenters. The van der Waals surface area contributed by atoms with Crippen molar-refractivity contribution in [1.29, 1.82) is 0 Å². The molecular weight excluding hydrogens is 239 g/mol. The van der Waals surface area contributed by atoms with Gasteiger partial charge in [-0.3, -0.25) is 4.79 Å². The number of benzene rings is 1. The number of carbonyl (C=O) groups is 1. The SMILES string of the molecule is Nc1ncn(CC(=O)OCc2ccccc2F)n1. The first-order valence-corrected chi connectivity index (χ1v) is 5.19. The van der Waals surface area contributed by atoms with Crippen LogP contribution in [0, 0.1) is 5.82 Å². The molecule has 0 saturated carbocycles. The fourth-order valence-corrected chi connectivity index (χ4v) is 1.34. The van der Waals surface area contributed by atoms with Crippen LogP contribution >= 0.6 is 0 Å². The van der Waals surface area contributed by atoms with Crippen molar-refractivity contribution in [2.24, 2.45) is 0 Å². The van der Waals surface area contributed by atoms with E-state index in [0.29, 0.717) is 5.56 Å². The molecule has 1 aromatic heterocycles. The number of carbonyl (C=O) groups excluding carboxylic acids is 1. The van der Waals surface area contributed by atoms with Gasteiger partial charge in [0.05, 0.1) is 0 Å². The van der Waals surface area contributed by atoms with E-state index in [2.05, 4.69) is 10.1 Å². The highest BCUT2D eigenvalue weighted by molar-refractivity contribution is 5.69. The summed E-state index contributed by atoms with van der Waals surface area (Å²) < 4.78 is 19.4. The summed E-state index contributed by atoms with van der Waals surface area (Å²) in [5.41, 5.74) is 5.62. The Morgan fingerprint density at radius 1 is 1.44 bits per heavy atom. The maximum atomic E-state index is 13.2. The van der Waals surface area contributed by atoms with E-state index in [1.165, 1.54) is 17.1 Å². The lowest BCUT2D eigenvalue weighted by Crippen LogP contribution is -2.14. The van der Waals surface area contributed by atoms with Crippen molar-refractivity contribution in [3.05, 3.63) is 42.0 Å². The third-order valence-electron chi connectivity index (χ3n) is 2.19. The van der Waals surface area contributed by atoms with Crippen LogP contribution in [0.25, 0.3) is 0 Å². The van der Waals surface area contributed by atoms with Gasteiger partial charge in [-0.1, -0.05) is 18.2 Å². The summed E-state index contributed by atoms with van der Waals surface area (Å²) in [6.07, 6.45) is 1.32. The minimum absolute atomic E-state index is 0.0805. The van der Waals surface area contributed by atoms with E-state index in [1.807, 2.05) is 0 Å². The van der Waals surface area contributed by atoms with Gasteiger partial charge in [-0.2, -0.15) is 0 Å². The topological polar surface area (TPSA) is 83.0 Å². The molecule has 94 valence electrons. The van der Waals surface area contributed by atoms with Crippen LogP contribution in [0.2, 0.25) is 0 Å². The summed E-state index contributed by atoms with van der Waals surface area (Å²) >= 11 is 0. The van der Waals surface area contributed by atoms with Crippen LogP contribution in [-0.2, 0) is 22.7 Å². The normalized spacial score (nSPS) is 10.3. The Kier molecular flexibility index (Phi) is 3.52. The van der Waals surface area contributed by atoms with Crippen LogP contribution in [0.5, 0.6) is 0 Å². The van der Waals surface area contributed by atoms with Crippen LogP contribution in [-0.4, -0.2) is 20.7 Å². The Hall–Kier alpha value is -2.44. The van der Waals surface area contributed by atoms with Gasteiger partial charge in [-0.05, 0) is 6.07 Å². The van der Waals surface area contributed by atoms with Crippen LogP contribution in [0.4, 0.5) is 10.3 Å². The number of halogens is 1. The van der Waals surface area contributed by atoms with Gasteiger partial charge in [0.2, 0.25) is 5.95 Å². The second-order valence-corrected chi connectivity index (χ2v) is 3.55. The molecule has 2 rings (SSSR count). The molecule has 1 aromatic carbocycles. The number of hydrogen-bond acceptors (Lipinski definition) is 5. The lowest BCUT2D eigenvalue weighted by atomic mass is 10.2. The van der Waals surface area contributed by atoms with Gasteiger partial charge >= 0.3 is 5.97 Å². The third-order valence-corrected chi connectivity index (χ3v) is 2.19. The molecule has 0 amide bonds. The first-order valence-electron chi connectivity index (χ1n) is 5.19. The molecule has 0 aliphatic carbocycles. The van der Waals surface area contributed by atoms with E-state index in [1.54, 1.807) is 18.2 Å². The van der Waals surface area contributed by atoms with Crippen LogP contribution < -0.4 is 5.73 Å². The maximum absolute atomic E-state index is 13.2. The number of nitrogens with two attached hydrogens (primary N) is 1. The highest BCUT2D eigenvalue weighted by atomic mass is 19.1. The molecule has 7 heteroatoms. The molecule has 2 aromatic rings. The molecule has 0 unspecified atom stereocenters. The summed E-state index contributed by atoms with van der Waals surface area (Å²) in [5, 5.41) is 3.73. The smallest absolute Gasteiger partial charge is 0.328 e. The van der Waals surface area contributed by atoms with Crippen LogP contribution in [0.15, 0.2) is 30.6 Å². The van der Waals surface area contributed by atoms with E-state index in [0.717, 1.165) is 0 Å². The summed E-state index contributed by atoms with van der Waals surface area (Å²) in [4.78, 5) is 15.1. The van der Waals surface area contributed by atoms with Gasteiger partial charge in [0, 0.05) is 5.56 Å². The van der Waals surface area contributed by atoms with Crippen molar-refractivity contribution >= 4 is 11.9 Å². The van der Waals surface area contributed by atoms with Crippen LogP contribution in [0.1, 0.15) is 5.56 Å². The zero-order chi connectivity index (χ0) is 13.0. The number of anilines is 1. The third kappa shape index (κ3) is 3.03. The fourth-order valence-electron chi connectivity index (χ4n) is 1.34. The lowest BCUT2D eigenvalue weighted by Gasteiger charge is -2.05. The molecular formula is C11H11FN4O2. The monoisotopic (exact) mass is 250 g/mol. The molecule has 2 N–H and O–H groups in total. The van der Waals surface area contributed by atoms with Crippen molar-refractivity contribution < 1.29 is 13.9 Å². The molecule has 6 nitrogen and oxygen atoms in total. The first kappa shape index (κ1) is 12.0. The van der Waals surface area contributed by atoms with Crippen molar-refractivity contribution in [2.45, 2.75) is 13.2 Å². The molecule has 0 radical (unpaired) electrons. The quantitative estimate of drug-likeness (QED) is 0.809. The largest absolute Gasteiger partial charge is 0.459 e. The standard InChI is InChI=1S/C11H11FN4O2/c12-9-4-2-1-3-8(9)6-18-10(17)5-16-7-14-11(13)15-16/h1-4,7H,5-6H2,(H2,13,15). The Labute approximate surface area is 102 Å². The van der Waals surface area contributed by atoms with E-state index in [9.17, 15) is 9.18 Å². The number of nitrogen functional groups attached to an aromatic ring is 1. The predicted molar refractivity (Wildman–Crippen MR) is 60.6 cm³/mol. The Morgan fingerprint density at radius 3 is 2.89 bits per heavy atom. The molecule has 18 heavy (non-hydrogen) atoms. The van der Waals surface area contributed by atoms with Crippen molar-refractivity contribution in [2.75, 3.05) is 5.73 Å². The molecule has 1 heterocycles. The van der Waals surface area contributed by atoms with E-state index < -0.39 is 11.8 Å². The number of rotatable bonds is 4. The number of aromatic nitrogens is 3. The average molecular weight is 250 g/mol. The van der Waals surface area contributed by atoms with Gasteiger partial charge in [0.15, 0.2) is 0 Å². The van der Waals surface area contributed by atoms with Gasteiger partial charge in [-0.15, -0.1) is 5.10 Å². The van der Waals surface area contributed by atoms with Crippen LogP contribution in [0.3, 0.4) is 0 Å². The molecule has 0 saturated heterocycles. The van der Waals surface area contributed by atoms with E-state index in [4.69, 9.17) is 10.5 Å². The van der Waals surface area contributed by atoms with E-state index >= 15 is 0 Å². The summed E-state index contributed by atoms with van der Waals surface area (Å²) in [6.45, 7) is -0.228. The van der Waals surface area contributed by atoms with E-state index in [-0.39, 0.29) is 19.1 Å². The highest BCUT2D eigenvalue weighted by Gasteiger charge is 2.08. The summed E-state index contributed by atoms with van der Waals surface area (Å²) in [7, 11) is 0.